The summed E-state index contributed by atoms with van der Waals surface area (Å²) in [4.78, 5) is 44.4. The highest BCUT2D eigenvalue weighted by molar-refractivity contribution is 7.17. The average molecular weight is 479 g/mol. The number of Topliss-reactive ketones (excluding diaryl/α,β-unsaturated/α-hetero) is 1. The number of nitrogens with zero attached hydrogens (tertiary/aromatic N) is 2. The molecule has 2 heterocycles. The van der Waals surface area contributed by atoms with Crippen LogP contribution in [0.1, 0.15) is 38.1 Å². The Labute approximate surface area is 200 Å². The largest absolute Gasteiger partial charge is 0.507 e. The Balaban J connectivity index is 1.91. The van der Waals surface area contributed by atoms with E-state index in [0.717, 1.165) is 16.9 Å². The van der Waals surface area contributed by atoms with Crippen LogP contribution < -0.4 is 9.64 Å². The number of thiazole rings is 1. The fourth-order valence-corrected chi connectivity index (χ4v) is 4.78. The number of carbonyl (C=O) groups is 3. The Morgan fingerprint density at radius 2 is 1.68 bits per heavy atom. The van der Waals surface area contributed by atoms with Crippen molar-refractivity contribution in [1.29, 1.82) is 0 Å². The van der Waals surface area contributed by atoms with Crippen molar-refractivity contribution in [2.24, 2.45) is 0 Å². The van der Waals surface area contributed by atoms with Gasteiger partial charge < -0.3 is 14.6 Å². The van der Waals surface area contributed by atoms with Gasteiger partial charge >= 0.3 is 11.9 Å². The molecule has 34 heavy (non-hydrogen) atoms. The van der Waals surface area contributed by atoms with E-state index in [0.29, 0.717) is 22.6 Å². The van der Waals surface area contributed by atoms with E-state index in [1.165, 1.54) is 19.1 Å². The molecule has 0 aliphatic carbocycles. The third kappa shape index (κ3) is 3.94. The zero-order chi connectivity index (χ0) is 24.6. The number of hydrogen-bond acceptors (Lipinski definition) is 8. The Hall–Kier alpha value is -3.98. The second kappa shape index (κ2) is 9.11. The van der Waals surface area contributed by atoms with Crippen LogP contribution in [0.2, 0.25) is 0 Å². The van der Waals surface area contributed by atoms with Gasteiger partial charge in [-0.05, 0) is 43.7 Å². The maximum absolute atomic E-state index is 13.2. The average Bonchev–Trinajstić information content (AvgIpc) is 3.35. The third-order valence-corrected chi connectivity index (χ3v) is 6.70. The number of anilines is 1. The van der Waals surface area contributed by atoms with Crippen LogP contribution in [0.5, 0.6) is 5.75 Å². The van der Waals surface area contributed by atoms with Crippen LogP contribution in [0.15, 0.2) is 54.1 Å². The molecule has 1 aliphatic rings. The molecule has 0 saturated carbocycles. The van der Waals surface area contributed by atoms with Gasteiger partial charge in [-0.25, -0.2) is 9.78 Å². The van der Waals surface area contributed by atoms with Gasteiger partial charge in [0.15, 0.2) is 5.13 Å². The standard InChI is InChI=1S/C25H22N2O6S/c1-13-5-7-15(8-6-13)19-18(20(28)16-9-11-17(32-3)12-10-16)21(29)23(30)27(19)25-26-14(2)22(34-25)24(31)33-4/h5-12,19,28H,1-4H3/b20-18+/t19-/m0/s1. The lowest BCUT2D eigenvalue weighted by atomic mass is 9.95. The van der Waals surface area contributed by atoms with Crippen LogP contribution in [-0.2, 0) is 14.3 Å². The number of carbonyl (C=O) groups excluding carboxylic acids is 3. The summed E-state index contributed by atoms with van der Waals surface area (Å²) in [5.74, 6) is -1.99. The molecule has 174 valence electrons. The monoisotopic (exact) mass is 478 g/mol. The molecule has 1 saturated heterocycles. The molecule has 1 aromatic heterocycles. The van der Waals surface area contributed by atoms with Crippen molar-refractivity contribution in [2.45, 2.75) is 19.9 Å². The molecule has 9 heteroatoms. The molecule has 1 aliphatic heterocycles. The molecule has 1 amide bonds. The molecular weight excluding hydrogens is 456 g/mol. The third-order valence-electron chi connectivity index (χ3n) is 5.56. The zero-order valence-electron chi connectivity index (χ0n) is 19.0. The van der Waals surface area contributed by atoms with Crippen LogP contribution in [0, 0.1) is 13.8 Å². The summed E-state index contributed by atoms with van der Waals surface area (Å²) in [5.41, 5.74) is 2.29. The predicted octanol–water partition coefficient (Wildman–Crippen LogP) is 4.18. The number of esters is 1. The van der Waals surface area contributed by atoms with Crippen LogP contribution in [0.3, 0.4) is 0 Å². The maximum atomic E-state index is 13.2. The van der Waals surface area contributed by atoms with Crippen molar-refractivity contribution in [3.63, 3.8) is 0 Å². The highest BCUT2D eigenvalue weighted by Gasteiger charge is 2.48. The Bertz CT molecular complexity index is 1310. The topological polar surface area (TPSA) is 106 Å². The predicted molar refractivity (Wildman–Crippen MR) is 127 cm³/mol. The van der Waals surface area contributed by atoms with E-state index >= 15 is 0 Å². The van der Waals surface area contributed by atoms with E-state index in [-0.39, 0.29) is 21.3 Å². The summed E-state index contributed by atoms with van der Waals surface area (Å²) in [6.07, 6.45) is 0. The summed E-state index contributed by atoms with van der Waals surface area (Å²) in [6, 6.07) is 12.9. The molecule has 3 aromatic rings. The van der Waals surface area contributed by atoms with Gasteiger partial charge in [0, 0.05) is 5.56 Å². The van der Waals surface area contributed by atoms with E-state index in [1.54, 1.807) is 43.3 Å². The van der Waals surface area contributed by atoms with Gasteiger partial charge in [0.25, 0.3) is 5.78 Å². The second-order valence-electron chi connectivity index (χ2n) is 7.71. The minimum Gasteiger partial charge on any atom is -0.507 e. The van der Waals surface area contributed by atoms with Crippen molar-refractivity contribution in [1.82, 2.24) is 4.98 Å². The SMILES string of the molecule is COC(=O)c1sc(N2C(=O)C(=O)/C(=C(/O)c3ccc(OC)cc3)[C@@H]2c2ccc(C)cc2)nc1C. The van der Waals surface area contributed by atoms with Gasteiger partial charge in [-0.3, -0.25) is 14.5 Å². The van der Waals surface area contributed by atoms with Gasteiger partial charge in [-0.1, -0.05) is 41.2 Å². The first kappa shape index (κ1) is 23.2. The Morgan fingerprint density at radius 1 is 1.03 bits per heavy atom. The molecular formula is C25H22N2O6S. The van der Waals surface area contributed by atoms with E-state index < -0.39 is 23.7 Å². The van der Waals surface area contributed by atoms with Gasteiger partial charge in [-0.15, -0.1) is 0 Å². The fourth-order valence-electron chi connectivity index (χ4n) is 3.77. The Morgan fingerprint density at radius 3 is 2.26 bits per heavy atom. The molecule has 1 fully saturated rings. The molecule has 8 nitrogen and oxygen atoms in total. The molecule has 0 bridgehead atoms. The lowest BCUT2D eigenvalue weighted by Crippen LogP contribution is -2.29. The zero-order valence-corrected chi connectivity index (χ0v) is 19.8. The molecule has 0 unspecified atom stereocenters. The Kier molecular flexibility index (Phi) is 6.21. The number of aliphatic hydroxyl groups excluding tert-OH is 1. The summed E-state index contributed by atoms with van der Waals surface area (Å²) in [7, 11) is 2.78. The number of hydrogen-bond donors (Lipinski definition) is 1. The number of ketones is 1. The van der Waals surface area contributed by atoms with Crippen molar-refractivity contribution >= 4 is 39.9 Å². The smallest absolute Gasteiger partial charge is 0.350 e. The van der Waals surface area contributed by atoms with E-state index in [9.17, 15) is 19.5 Å². The first-order valence-corrected chi connectivity index (χ1v) is 11.2. The normalized spacial score (nSPS) is 17.2. The number of aliphatic hydroxyl groups is 1. The summed E-state index contributed by atoms with van der Waals surface area (Å²) < 4.78 is 9.96. The maximum Gasteiger partial charge on any atom is 0.350 e. The van der Waals surface area contributed by atoms with Crippen molar-refractivity contribution in [3.8, 4) is 5.75 Å². The number of amides is 1. The van der Waals surface area contributed by atoms with Crippen molar-refractivity contribution in [2.75, 3.05) is 19.1 Å². The minimum absolute atomic E-state index is 0.0634. The molecule has 0 radical (unpaired) electrons. The molecule has 4 rings (SSSR count). The lowest BCUT2D eigenvalue weighted by molar-refractivity contribution is -0.132. The number of benzene rings is 2. The van der Waals surface area contributed by atoms with Crippen LogP contribution >= 0.6 is 11.3 Å². The van der Waals surface area contributed by atoms with Gasteiger partial charge in [0.1, 0.15) is 16.4 Å². The summed E-state index contributed by atoms with van der Waals surface area (Å²) in [5, 5.41) is 11.3. The molecule has 2 aromatic carbocycles. The first-order valence-electron chi connectivity index (χ1n) is 10.3. The number of methoxy groups -OCH3 is 2. The minimum atomic E-state index is -0.932. The second-order valence-corrected chi connectivity index (χ2v) is 8.69. The number of ether oxygens (including phenoxy) is 2. The van der Waals surface area contributed by atoms with E-state index in [4.69, 9.17) is 9.47 Å². The van der Waals surface area contributed by atoms with Crippen LogP contribution in [0.25, 0.3) is 5.76 Å². The number of aromatic nitrogens is 1. The quantitative estimate of drug-likeness (QED) is 0.254. The molecule has 0 spiro atoms. The van der Waals surface area contributed by atoms with Gasteiger partial charge in [-0.2, -0.15) is 0 Å². The van der Waals surface area contributed by atoms with Gasteiger partial charge in [0.2, 0.25) is 0 Å². The first-order chi connectivity index (χ1) is 16.3. The highest BCUT2D eigenvalue weighted by Crippen LogP contribution is 2.44. The summed E-state index contributed by atoms with van der Waals surface area (Å²) >= 11 is 0.958. The van der Waals surface area contributed by atoms with Gasteiger partial charge in [0.05, 0.1) is 31.5 Å². The van der Waals surface area contributed by atoms with E-state index in [1.807, 2.05) is 19.1 Å². The van der Waals surface area contributed by atoms with Crippen LogP contribution in [-0.4, -0.2) is 42.0 Å². The van der Waals surface area contributed by atoms with Crippen molar-refractivity contribution in [3.05, 3.63) is 81.4 Å². The fraction of sp³-hybridized carbons (Fsp3) is 0.200. The van der Waals surface area contributed by atoms with E-state index in [2.05, 4.69) is 4.98 Å². The van der Waals surface area contributed by atoms with Crippen LogP contribution in [0.4, 0.5) is 5.13 Å². The number of rotatable bonds is 5. The molecule has 1 atom stereocenters. The van der Waals surface area contributed by atoms with Crippen molar-refractivity contribution < 1.29 is 29.0 Å². The number of aryl methyl sites for hydroxylation is 2. The molecule has 1 N–H and O–H groups in total. The highest BCUT2D eigenvalue weighted by atomic mass is 32.1. The lowest BCUT2D eigenvalue weighted by Gasteiger charge is -2.23. The summed E-state index contributed by atoms with van der Waals surface area (Å²) in [6.45, 7) is 3.55.